The summed E-state index contributed by atoms with van der Waals surface area (Å²) < 4.78 is 0. The van der Waals surface area contributed by atoms with E-state index in [4.69, 9.17) is 0 Å². The van der Waals surface area contributed by atoms with Gasteiger partial charge in [-0.05, 0) is 6.42 Å². The number of carbonyl (C=O) groups excluding carboxylic acids is 4. The second kappa shape index (κ2) is 6.42. The van der Waals surface area contributed by atoms with Crippen molar-refractivity contribution in [3.8, 4) is 0 Å². The van der Waals surface area contributed by atoms with Gasteiger partial charge < -0.3 is 4.79 Å². The highest BCUT2D eigenvalue weighted by atomic mass is 16.2. The van der Waals surface area contributed by atoms with E-state index in [1.54, 1.807) is 27.7 Å². The van der Waals surface area contributed by atoms with Crippen LogP contribution in [0.3, 0.4) is 0 Å². The molecule has 0 saturated heterocycles. The summed E-state index contributed by atoms with van der Waals surface area (Å²) in [6.45, 7) is 6.49. The highest BCUT2D eigenvalue weighted by Gasteiger charge is 2.50. The maximum absolute atomic E-state index is 12.0. The van der Waals surface area contributed by atoms with Crippen LogP contribution < -0.4 is 0 Å². The van der Waals surface area contributed by atoms with Crippen molar-refractivity contribution in [3.63, 3.8) is 0 Å². The van der Waals surface area contributed by atoms with Crippen LogP contribution in [0.1, 0.15) is 47.0 Å². The standard InChI is InChI=1S/C13H20O4/c1-5-7-11(16)13(8-14,10(15)6-2)12(17)9(3)4/h8-9H,5-7H2,1-4H3. The Hall–Kier alpha value is -1.32. The Kier molecular flexibility index (Phi) is 5.93. The van der Waals surface area contributed by atoms with Gasteiger partial charge >= 0.3 is 0 Å². The van der Waals surface area contributed by atoms with Gasteiger partial charge in [-0.15, -0.1) is 0 Å². The molecule has 0 aromatic rings. The van der Waals surface area contributed by atoms with Gasteiger partial charge in [-0.2, -0.15) is 0 Å². The van der Waals surface area contributed by atoms with Gasteiger partial charge in [-0.3, -0.25) is 14.4 Å². The molecular weight excluding hydrogens is 220 g/mol. The number of hydrogen-bond donors (Lipinski definition) is 0. The fraction of sp³-hybridized carbons (Fsp3) is 0.692. The molecule has 0 radical (unpaired) electrons. The van der Waals surface area contributed by atoms with Gasteiger partial charge in [-0.25, -0.2) is 0 Å². The number of hydrogen-bond acceptors (Lipinski definition) is 4. The molecule has 0 fully saturated rings. The van der Waals surface area contributed by atoms with E-state index in [0.717, 1.165) is 0 Å². The van der Waals surface area contributed by atoms with Crippen LogP contribution >= 0.6 is 0 Å². The maximum Gasteiger partial charge on any atom is 0.200 e. The molecule has 1 atom stereocenters. The van der Waals surface area contributed by atoms with Crippen LogP contribution in [-0.2, 0) is 19.2 Å². The molecule has 96 valence electrons. The zero-order valence-corrected chi connectivity index (χ0v) is 10.9. The van der Waals surface area contributed by atoms with E-state index in [-0.39, 0.29) is 19.1 Å². The summed E-state index contributed by atoms with van der Waals surface area (Å²) in [5, 5.41) is 0. The van der Waals surface area contributed by atoms with Gasteiger partial charge in [0.15, 0.2) is 17.3 Å². The Labute approximate surface area is 102 Å². The summed E-state index contributed by atoms with van der Waals surface area (Å²) >= 11 is 0. The lowest BCUT2D eigenvalue weighted by molar-refractivity contribution is -0.152. The molecule has 0 aliphatic heterocycles. The van der Waals surface area contributed by atoms with Crippen molar-refractivity contribution < 1.29 is 19.2 Å². The third kappa shape index (κ3) is 2.87. The largest absolute Gasteiger partial charge is 0.301 e. The minimum Gasteiger partial charge on any atom is -0.301 e. The number of Topliss-reactive ketones (excluding diaryl/α,β-unsaturated/α-hetero) is 3. The first-order valence-corrected chi connectivity index (χ1v) is 5.95. The number of ketones is 3. The number of aldehydes is 1. The Morgan fingerprint density at radius 2 is 1.65 bits per heavy atom. The summed E-state index contributed by atoms with van der Waals surface area (Å²) in [4.78, 5) is 47.1. The SMILES string of the molecule is CCCC(=O)C(C=O)(C(=O)CC)C(=O)C(C)C. The molecular formula is C13H20O4. The molecule has 0 spiro atoms. The molecule has 4 nitrogen and oxygen atoms in total. The van der Waals surface area contributed by atoms with Crippen LogP contribution in [0.25, 0.3) is 0 Å². The summed E-state index contributed by atoms with van der Waals surface area (Å²) in [6.07, 6.45) is 0.825. The fourth-order valence-electron chi connectivity index (χ4n) is 1.78. The van der Waals surface area contributed by atoms with E-state index in [1.165, 1.54) is 0 Å². The molecule has 0 bridgehead atoms. The summed E-state index contributed by atoms with van der Waals surface area (Å²) in [5.74, 6) is -2.26. The molecule has 1 unspecified atom stereocenters. The van der Waals surface area contributed by atoms with Crippen molar-refractivity contribution in [2.75, 3.05) is 0 Å². The lowest BCUT2D eigenvalue weighted by Crippen LogP contribution is -2.49. The summed E-state index contributed by atoms with van der Waals surface area (Å²) in [7, 11) is 0. The van der Waals surface area contributed by atoms with Gasteiger partial charge in [0.25, 0.3) is 0 Å². The zero-order valence-electron chi connectivity index (χ0n) is 10.9. The van der Waals surface area contributed by atoms with E-state index < -0.39 is 28.7 Å². The Morgan fingerprint density at radius 3 is 1.94 bits per heavy atom. The molecule has 0 amide bonds. The number of carbonyl (C=O) groups is 4. The van der Waals surface area contributed by atoms with Crippen LogP contribution in [0.15, 0.2) is 0 Å². The normalized spacial score (nSPS) is 14.2. The van der Waals surface area contributed by atoms with Crippen molar-refractivity contribution in [1.29, 1.82) is 0 Å². The highest BCUT2D eigenvalue weighted by molar-refractivity contribution is 6.34. The molecule has 0 aromatic carbocycles. The minimum absolute atomic E-state index is 0.00660. The average Bonchev–Trinajstić information content (AvgIpc) is 2.30. The number of rotatable bonds is 8. The van der Waals surface area contributed by atoms with Crippen LogP contribution in [0.4, 0.5) is 0 Å². The van der Waals surface area contributed by atoms with E-state index in [1.807, 2.05) is 0 Å². The first-order valence-electron chi connectivity index (χ1n) is 5.95. The minimum atomic E-state index is -2.06. The molecule has 0 rings (SSSR count). The van der Waals surface area contributed by atoms with E-state index in [0.29, 0.717) is 6.42 Å². The summed E-state index contributed by atoms with van der Waals surface area (Å²) in [5.41, 5.74) is -2.06. The summed E-state index contributed by atoms with van der Waals surface area (Å²) in [6, 6.07) is 0. The molecule has 17 heavy (non-hydrogen) atoms. The van der Waals surface area contributed by atoms with Gasteiger partial charge in [0.2, 0.25) is 5.41 Å². The van der Waals surface area contributed by atoms with Gasteiger partial charge in [-0.1, -0.05) is 27.7 Å². The quantitative estimate of drug-likeness (QED) is 0.478. The van der Waals surface area contributed by atoms with Crippen molar-refractivity contribution in [2.45, 2.75) is 47.0 Å². The van der Waals surface area contributed by atoms with Gasteiger partial charge in [0.05, 0.1) is 0 Å². The molecule has 0 saturated carbocycles. The topological polar surface area (TPSA) is 68.3 Å². The van der Waals surface area contributed by atoms with E-state index in [2.05, 4.69) is 0 Å². The van der Waals surface area contributed by atoms with Gasteiger partial charge in [0.1, 0.15) is 6.29 Å². The smallest absolute Gasteiger partial charge is 0.200 e. The van der Waals surface area contributed by atoms with Crippen molar-refractivity contribution in [2.24, 2.45) is 11.3 Å². The maximum atomic E-state index is 12.0. The predicted molar refractivity (Wildman–Crippen MR) is 63.6 cm³/mol. The van der Waals surface area contributed by atoms with Crippen molar-refractivity contribution in [1.82, 2.24) is 0 Å². The third-order valence-electron chi connectivity index (χ3n) is 2.77. The predicted octanol–water partition coefficient (Wildman–Crippen LogP) is 1.75. The van der Waals surface area contributed by atoms with E-state index >= 15 is 0 Å². The zero-order chi connectivity index (χ0) is 13.6. The fourth-order valence-corrected chi connectivity index (χ4v) is 1.78. The van der Waals surface area contributed by atoms with E-state index in [9.17, 15) is 19.2 Å². The Morgan fingerprint density at radius 1 is 1.12 bits per heavy atom. The second-order valence-electron chi connectivity index (χ2n) is 4.39. The Bertz CT molecular complexity index is 330. The molecule has 4 heteroatoms. The molecule has 0 aromatic heterocycles. The van der Waals surface area contributed by atoms with Gasteiger partial charge in [0, 0.05) is 18.8 Å². The van der Waals surface area contributed by atoms with Crippen molar-refractivity contribution >= 4 is 23.6 Å². The monoisotopic (exact) mass is 240 g/mol. The van der Waals surface area contributed by atoms with Crippen LogP contribution in [-0.4, -0.2) is 23.6 Å². The second-order valence-corrected chi connectivity index (χ2v) is 4.39. The molecule has 0 heterocycles. The third-order valence-corrected chi connectivity index (χ3v) is 2.77. The lowest BCUT2D eigenvalue weighted by Gasteiger charge is -2.25. The molecule has 0 aliphatic rings. The lowest BCUT2D eigenvalue weighted by atomic mass is 9.71. The molecule has 0 aliphatic carbocycles. The molecule has 0 N–H and O–H groups in total. The highest BCUT2D eigenvalue weighted by Crippen LogP contribution is 2.26. The first kappa shape index (κ1) is 15.7. The van der Waals surface area contributed by atoms with Crippen LogP contribution in [0.2, 0.25) is 0 Å². The average molecular weight is 240 g/mol. The van der Waals surface area contributed by atoms with Crippen LogP contribution in [0, 0.1) is 11.3 Å². The first-order chi connectivity index (χ1) is 7.88. The van der Waals surface area contributed by atoms with Crippen molar-refractivity contribution in [3.05, 3.63) is 0 Å². The Balaban J connectivity index is 5.61. The van der Waals surface area contributed by atoms with Crippen LogP contribution in [0.5, 0.6) is 0 Å².